The van der Waals surface area contributed by atoms with Crippen LogP contribution in [-0.2, 0) is 4.79 Å². The van der Waals surface area contributed by atoms with E-state index < -0.39 is 5.82 Å². The van der Waals surface area contributed by atoms with Gasteiger partial charge in [-0.3, -0.25) is 4.79 Å². The average molecular weight is 371 g/mol. The van der Waals surface area contributed by atoms with E-state index in [0.29, 0.717) is 0 Å². The van der Waals surface area contributed by atoms with Crippen molar-refractivity contribution in [1.82, 2.24) is 15.1 Å². The molecule has 0 saturated carbocycles. The van der Waals surface area contributed by atoms with Crippen LogP contribution < -0.4 is 10.1 Å². The van der Waals surface area contributed by atoms with Gasteiger partial charge in [-0.05, 0) is 50.2 Å². The fourth-order valence-electron chi connectivity index (χ4n) is 2.76. The van der Waals surface area contributed by atoms with Crippen molar-refractivity contribution in [3.63, 3.8) is 0 Å². The highest BCUT2D eigenvalue weighted by Gasteiger charge is 2.17. The van der Waals surface area contributed by atoms with E-state index in [-0.39, 0.29) is 30.1 Å². The number of hydrogen-bond donors (Lipinski definition) is 1. The van der Waals surface area contributed by atoms with E-state index in [1.54, 1.807) is 35.1 Å². The third-order valence-electron chi connectivity index (χ3n) is 4.16. The van der Waals surface area contributed by atoms with Crippen LogP contribution in [0.15, 0.2) is 54.7 Å². The predicted octanol–water partition coefficient (Wildman–Crippen LogP) is 3.72. The second-order valence-corrected chi connectivity index (χ2v) is 6.08. The lowest BCUT2D eigenvalue weighted by Gasteiger charge is -2.15. The summed E-state index contributed by atoms with van der Waals surface area (Å²) in [5.41, 5.74) is 2.37. The Morgan fingerprint density at radius 3 is 2.59 bits per heavy atom. The highest BCUT2D eigenvalue weighted by molar-refractivity contribution is 5.78. The third kappa shape index (κ3) is 4.31. The molecule has 5 nitrogen and oxygen atoms in total. The molecule has 3 rings (SSSR count). The van der Waals surface area contributed by atoms with Crippen LogP contribution in [0.4, 0.5) is 8.78 Å². The highest BCUT2D eigenvalue weighted by atomic mass is 19.1. The Morgan fingerprint density at radius 2 is 1.89 bits per heavy atom. The van der Waals surface area contributed by atoms with Crippen LogP contribution in [0.1, 0.15) is 24.2 Å². The number of nitrogens with one attached hydrogen (secondary N) is 1. The number of carbonyl (C=O) groups is 1. The molecule has 0 fully saturated rings. The Hall–Kier alpha value is -3.22. The molecule has 1 amide bonds. The first-order chi connectivity index (χ1) is 13.0. The lowest BCUT2D eigenvalue weighted by Crippen LogP contribution is -2.31. The number of amides is 1. The lowest BCUT2D eigenvalue weighted by atomic mass is 10.1. The molecule has 3 aromatic rings. The van der Waals surface area contributed by atoms with Gasteiger partial charge in [-0.2, -0.15) is 5.10 Å². The topological polar surface area (TPSA) is 56.1 Å². The fraction of sp³-hybridized carbons (Fsp3) is 0.200. The zero-order chi connectivity index (χ0) is 19.4. The number of rotatable bonds is 6. The van der Waals surface area contributed by atoms with E-state index in [1.165, 1.54) is 24.3 Å². The van der Waals surface area contributed by atoms with E-state index in [0.717, 1.165) is 16.9 Å². The molecule has 1 aromatic heterocycles. The fourth-order valence-corrected chi connectivity index (χ4v) is 2.76. The number of ether oxygens (including phenoxy) is 1. The standard InChI is InChI=1S/C20H19F2N3O2/c1-13(24-20(26)12-27-19-6-4-3-5-18(19)22)17-11-23-25(14(17)2)16-9-7-15(21)8-10-16/h3-11,13H,12H2,1-2H3,(H,24,26). The summed E-state index contributed by atoms with van der Waals surface area (Å²) in [5, 5.41) is 7.11. The minimum absolute atomic E-state index is 0.0283. The lowest BCUT2D eigenvalue weighted by molar-refractivity contribution is -0.123. The molecule has 0 aliphatic heterocycles. The smallest absolute Gasteiger partial charge is 0.258 e. The molecule has 1 N–H and O–H groups in total. The van der Waals surface area contributed by atoms with Crippen LogP contribution in [0.3, 0.4) is 0 Å². The van der Waals surface area contributed by atoms with Crippen LogP contribution in [0.25, 0.3) is 5.69 Å². The first-order valence-electron chi connectivity index (χ1n) is 8.43. The van der Waals surface area contributed by atoms with Crippen molar-refractivity contribution in [3.05, 3.63) is 77.6 Å². The zero-order valence-electron chi connectivity index (χ0n) is 14.9. The molecule has 0 bridgehead atoms. The predicted molar refractivity (Wildman–Crippen MR) is 96.7 cm³/mol. The average Bonchev–Trinajstić information content (AvgIpc) is 3.03. The van der Waals surface area contributed by atoms with E-state index in [2.05, 4.69) is 10.4 Å². The number of para-hydroxylation sites is 1. The van der Waals surface area contributed by atoms with Gasteiger partial charge in [0.1, 0.15) is 5.82 Å². The molecule has 0 spiro atoms. The van der Waals surface area contributed by atoms with E-state index in [9.17, 15) is 13.6 Å². The molecule has 0 aliphatic carbocycles. The number of hydrogen-bond acceptors (Lipinski definition) is 3. The molecule has 140 valence electrons. The van der Waals surface area contributed by atoms with Crippen LogP contribution in [0.5, 0.6) is 5.75 Å². The van der Waals surface area contributed by atoms with Gasteiger partial charge in [0.15, 0.2) is 18.2 Å². The second-order valence-electron chi connectivity index (χ2n) is 6.08. The van der Waals surface area contributed by atoms with E-state index >= 15 is 0 Å². The van der Waals surface area contributed by atoms with Crippen molar-refractivity contribution in [2.24, 2.45) is 0 Å². The summed E-state index contributed by atoms with van der Waals surface area (Å²) in [6.45, 7) is 3.39. The van der Waals surface area contributed by atoms with Gasteiger partial charge in [0, 0.05) is 11.3 Å². The highest BCUT2D eigenvalue weighted by Crippen LogP contribution is 2.20. The summed E-state index contributed by atoms with van der Waals surface area (Å²) < 4.78 is 33.5. The van der Waals surface area contributed by atoms with Gasteiger partial charge in [0.2, 0.25) is 0 Å². The monoisotopic (exact) mass is 371 g/mol. The first kappa shape index (κ1) is 18.6. The van der Waals surface area contributed by atoms with Crippen molar-refractivity contribution in [1.29, 1.82) is 0 Å². The summed E-state index contributed by atoms with van der Waals surface area (Å²) in [7, 11) is 0. The van der Waals surface area contributed by atoms with Gasteiger partial charge in [0.05, 0.1) is 17.9 Å². The maximum atomic E-state index is 13.5. The van der Waals surface area contributed by atoms with Crippen molar-refractivity contribution in [2.75, 3.05) is 6.61 Å². The number of benzene rings is 2. The largest absolute Gasteiger partial charge is 0.481 e. The van der Waals surface area contributed by atoms with Crippen molar-refractivity contribution in [2.45, 2.75) is 19.9 Å². The number of aromatic nitrogens is 2. The number of nitrogens with zero attached hydrogens (tertiary/aromatic N) is 2. The quantitative estimate of drug-likeness (QED) is 0.719. The summed E-state index contributed by atoms with van der Waals surface area (Å²) in [4.78, 5) is 12.1. The summed E-state index contributed by atoms with van der Waals surface area (Å²) in [6.07, 6.45) is 1.65. The van der Waals surface area contributed by atoms with Gasteiger partial charge in [-0.1, -0.05) is 12.1 Å². The Balaban J connectivity index is 1.64. The van der Waals surface area contributed by atoms with Crippen molar-refractivity contribution in [3.8, 4) is 11.4 Å². The number of carbonyl (C=O) groups excluding carboxylic acids is 1. The van der Waals surface area contributed by atoms with Gasteiger partial charge < -0.3 is 10.1 Å². The van der Waals surface area contributed by atoms with Crippen molar-refractivity contribution >= 4 is 5.91 Å². The molecule has 1 heterocycles. The molecule has 0 aliphatic rings. The van der Waals surface area contributed by atoms with Crippen LogP contribution in [-0.4, -0.2) is 22.3 Å². The molecular weight excluding hydrogens is 352 g/mol. The SMILES string of the molecule is Cc1c(C(C)NC(=O)COc2ccccc2F)cnn1-c1ccc(F)cc1. The Morgan fingerprint density at radius 1 is 1.19 bits per heavy atom. The molecule has 0 saturated heterocycles. The zero-order valence-corrected chi connectivity index (χ0v) is 14.9. The van der Waals surface area contributed by atoms with E-state index in [4.69, 9.17) is 4.74 Å². The molecule has 27 heavy (non-hydrogen) atoms. The Bertz CT molecular complexity index is 939. The Kier molecular flexibility index (Phi) is 5.49. The minimum atomic E-state index is -0.519. The third-order valence-corrected chi connectivity index (χ3v) is 4.16. The summed E-state index contributed by atoms with van der Waals surface area (Å²) >= 11 is 0. The molecule has 1 unspecified atom stereocenters. The molecule has 2 aromatic carbocycles. The second kappa shape index (κ2) is 7.99. The first-order valence-corrected chi connectivity index (χ1v) is 8.43. The van der Waals surface area contributed by atoms with Gasteiger partial charge >= 0.3 is 0 Å². The van der Waals surface area contributed by atoms with Crippen LogP contribution >= 0.6 is 0 Å². The molecule has 1 atom stereocenters. The van der Waals surface area contributed by atoms with Gasteiger partial charge in [-0.15, -0.1) is 0 Å². The maximum absolute atomic E-state index is 13.5. The minimum Gasteiger partial charge on any atom is -0.481 e. The Labute approximate surface area is 155 Å². The summed E-state index contributed by atoms with van der Waals surface area (Å²) in [6, 6.07) is 11.6. The van der Waals surface area contributed by atoms with Crippen LogP contribution in [0, 0.1) is 18.6 Å². The summed E-state index contributed by atoms with van der Waals surface area (Å²) in [5.74, 6) is -1.19. The van der Waals surface area contributed by atoms with Gasteiger partial charge in [-0.25, -0.2) is 13.5 Å². The van der Waals surface area contributed by atoms with E-state index in [1.807, 2.05) is 13.8 Å². The molecule has 0 radical (unpaired) electrons. The van der Waals surface area contributed by atoms with Gasteiger partial charge in [0.25, 0.3) is 5.91 Å². The number of halogens is 2. The van der Waals surface area contributed by atoms with Crippen molar-refractivity contribution < 1.29 is 18.3 Å². The molecule has 7 heteroatoms. The molecular formula is C20H19F2N3O2. The van der Waals surface area contributed by atoms with Crippen LogP contribution in [0.2, 0.25) is 0 Å². The maximum Gasteiger partial charge on any atom is 0.258 e. The normalized spacial score (nSPS) is 11.9.